The zero-order valence-electron chi connectivity index (χ0n) is 10.9. The Bertz CT molecular complexity index is 351. The van der Waals surface area contributed by atoms with E-state index in [2.05, 4.69) is 42.3 Å². The molecule has 1 N–H and O–H groups in total. The van der Waals surface area contributed by atoms with E-state index in [1.807, 2.05) is 0 Å². The molecule has 1 aliphatic rings. The number of rotatable bonds is 5. The fourth-order valence-electron chi connectivity index (χ4n) is 2.40. The molecule has 94 valence electrons. The van der Waals surface area contributed by atoms with E-state index in [1.165, 1.54) is 25.1 Å². The van der Waals surface area contributed by atoms with Gasteiger partial charge in [-0.25, -0.2) is 0 Å². The highest BCUT2D eigenvalue weighted by molar-refractivity contribution is 5.11. The lowest BCUT2D eigenvalue weighted by atomic mass is 10.2. The molecule has 3 heteroatoms. The van der Waals surface area contributed by atoms with Gasteiger partial charge in [-0.05, 0) is 45.0 Å². The van der Waals surface area contributed by atoms with E-state index in [0.717, 1.165) is 25.3 Å². The molecule has 0 amide bonds. The minimum Gasteiger partial charge on any atom is -0.311 e. The van der Waals surface area contributed by atoms with Crippen molar-refractivity contribution in [2.75, 3.05) is 13.1 Å². The first-order valence-electron chi connectivity index (χ1n) is 6.69. The molecule has 0 spiro atoms. The van der Waals surface area contributed by atoms with Crippen LogP contribution in [0.15, 0.2) is 18.2 Å². The van der Waals surface area contributed by atoms with Crippen molar-refractivity contribution in [1.82, 2.24) is 15.2 Å². The van der Waals surface area contributed by atoms with Crippen LogP contribution in [0.4, 0.5) is 0 Å². The summed E-state index contributed by atoms with van der Waals surface area (Å²) < 4.78 is 0. The highest BCUT2D eigenvalue weighted by atomic mass is 15.2. The molecule has 1 aromatic heterocycles. The Morgan fingerprint density at radius 3 is 2.94 bits per heavy atom. The van der Waals surface area contributed by atoms with Gasteiger partial charge in [0.25, 0.3) is 0 Å². The molecule has 2 heterocycles. The molecule has 1 aliphatic heterocycles. The Morgan fingerprint density at radius 1 is 1.41 bits per heavy atom. The topological polar surface area (TPSA) is 28.2 Å². The van der Waals surface area contributed by atoms with E-state index in [-0.39, 0.29) is 0 Å². The summed E-state index contributed by atoms with van der Waals surface area (Å²) in [6.07, 6.45) is 2.66. The van der Waals surface area contributed by atoms with Crippen LogP contribution in [-0.4, -0.2) is 29.0 Å². The average molecular weight is 233 g/mol. The lowest BCUT2D eigenvalue weighted by Gasteiger charge is -2.20. The number of nitrogens with one attached hydrogen (secondary N) is 1. The summed E-state index contributed by atoms with van der Waals surface area (Å²) in [5, 5.41) is 3.32. The molecule has 1 fully saturated rings. The third kappa shape index (κ3) is 3.51. The van der Waals surface area contributed by atoms with Gasteiger partial charge in [0.15, 0.2) is 0 Å². The van der Waals surface area contributed by atoms with Gasteiger partial charge in [-0.15, -0.1) is 0 Å². The Hall–Kier alpha value is -0.930. The number of hydrogen-bond acceptors (Lipinski definition) is 3. The van der Waals surface area contributed by atoms with Gasteiger partial charge in [-0.1, -0.05) is 13.0 Å². The Kier molecular flexibility index (Phi) is 4.51. The van der Waals surface area contributed by atoms with Crippen LogP contribution >= 0.6 is 0 Å². The fourth-order valence-corrected chi connectivity index (χ4v) is 2.40. The number of likely N-dealkylation sites (tertiary alicyclic amines) is 1. The second kappa shape index (κ2) is 6.12. The van der Waals surface area contributed by atoms with E-state index in [0.29, 0.717) is 6.04 Å². The highest BCUT2D eigenvalue weighted by Crippen LogP contribution is 2.18. The smallest absolute Gasteiger partial charge is 0.0547 e. The van der Waals surface area contributed by atoms with Gasteiger partial charge >= 0.3 is 0 Å². The Balaban J connectivity index is 1.95. The molecule has 0 saturated carbocycles. The molecule has 0 aliphatic carbocycles. The van der Waals surface area contributed by atoms with Crippen LogP contribution in [0.2, 0.25) is 0 Å². The summed E-state index contributed by atoms with van der Waals surface area (Å²) >= 11 is 0. The lowest BCUT2D eigenvalue weighted by molar-refractivity contribution is 0.257. The van der Waals surface area contributed by atoms with Crippen LogP contribution in [0.5, 0.6) is 0 Å². The van der Waals surface area contributed by atoms with Gasteiger partial charge in [-0.3, -0.25) is 9.88 Å². The molecule has 1 atom stereocenters. The summed E-state index contributed by atoms with van der Waals surface area (Å²) in [7, 11) is 0. The van der Waals surface area contributed by atoms with Crippen molar-refractivity contribution in [3.05, 3.63) is 29.6 Å². The van der Waals surface area contributed by atoms with Crippen molar-refractivity contribution in [2.45, 2.75) is 45.8 Å². The van der Waals surface area contributed by atoms with E-state index in [9.17, 15) is 0 Å². The van der Waals surface area contributed by atoms with Crippen LogP contribution in [0.3, 0.4) is 0 Å². The Morgan fingerprint density at radius 2 is 2.24 bits per heavy atom. The molecule has 1 unspecified atom stereocenters. The van der Waals surface area contributed by atoms with E-state index >= 15 is 0 Å². The zero-order valence-corrected chi connectivity index (χ0v) is 10.9. The second-order valence-corrected chi connectivity index (χ2v) is 4.86. The van der Waals surface area contributed by atoms with Crippen molar-refractivity contribution in [3.63, 3.8) is 0 Å². The molecule has 3 nitrogen and oxygen atoms in total. The summed E-state index contributed by atoms with van der Waals surface area (Å²) in [5.74, 6) is 0. The number of pyridine rings is 1. The predicted molar refractivity (Wildman–Crippen MR) is 70.7 cm³/mol. The van der Waals surface area contributed by atoms with Gasteiger partial charge in [-0.2, -0.15) is 0 Å². The van der Waals surface area contributed by atoms with E-state index in [4.69, 9.17) is 4.98 Å². The van der Waals surface area contributed by atoms with Gasteiger partial charge < -0.3 is 5.32 Å². The van der Waals surface area contributed by atoms with Crippen molar-refractivity contribution in [1.29, 1.82) is 0 Å². The molecular weight excluding hydrogens is 210 g/mol. The van der Waals surface area contributed by atoms with Crippen LogP contribution in [-0.2, 0) is 13.1 Å². The molecular formula is C14H23N3. The number of aromatic nitrogens is 1. The van der Waals surface area contributed by atoms with Crippen molar-refractivity contribution >= 4 is 0 Å². The van der Waals surface area contributed by atoms with Crippen LogP contribution < -0.4 is 5.32 Å². The molecule has 0 bridgehead atoms. The minimum absolute atomic E-state index is 0.717. The lowest BCUT2D eigenvalue weighted by Crippen LogP contribution is -2.26. The first kappa shape index (κ1) is 12.5. The predicted octanol–water partition coefficient (Wildman–Crippen LogP) is 2.18. The second-order valence-electron chi connectivity index (χ2n) is 4.86. The zero-order chi connectivity index (χ0) is 12.1. The fraction of sp³-hybridized carbons (Fsp3) is 0.643. The van der Waals surface area contributed by atoms with Gasteiger partial charge in [0.2, 0.25) is 0 Å². The Labute approximate surface area is 104 Å². The van der Waals surface area contributed by atoms with Crippen LogP contribution in [0.1, 0.15) is 38.1 Å². The highest BCUT2D eigenvalue weighted by Gasteiger charge is 2.20. The van der Waals surface area contributed by atoms with E-state index < -0.39 is 0 Å². The maximum absolute atomic E-state index is 4.70. The maximum Gasteiger partial charge on any atom is 0.0547 e. The molecule has 17 heavy (non-hydrogen) atoms. The summed E-state index contributed by atoms with van der Waals surface area (Å²) in [4.78, 5) is 7.23. The van der Waals surface area contributed by atoms with E-state index in [1.54, 1.807) is 0 Å². The van der Waals surface area contributed by atoms with Crippen LogP contribution in [0, 0.1) is 0 Å². The maximum atomic E-state index is 4.70. The standard InChI is InChI=1S/C14H23N3/c1-3-15-10-13-7-4-8-14(16-13)11-17-9-5-6-12(17)2/h4,7-8,12,15H,3,5-6,9-11H2,1-2H3. The van der Waals surface area contributed by atoms with Gasteiger partial charge in [0, 0.05) is 19.1 Å². The third-order valence-corrected chi connectivity index (χ3v) is 3.48. The molecule has 2 rings (SSSR count). The molecule has 1 aromatic rings. The normalized spacial score (nSPS) is 20.9. The van der Waals surface area contributed by atoms with Crippen molar-refractivity contribution < 1.29 is 0 Å². The largest absolute Gasteiger partial charge is 0.311 e. The van der Waals surface area contributed by atoms with Crippen molar-refractivity contribution in [2.24, 2.45) is 0 Å². The molecule has 1 saturated heterocycles. The number of hydrogen-bond donors (Lipinski definition) is 1. The summed E-state index contributed by atoms with van der Waals surface area (Å²) in [6.45, 7) is 8.53. The third-order valence-electron chi connectivity index (χ3n) is 3.48. The first-order valence-corrected chi connectivity index (χ1v) is 6.69. The minimum atomic E-state index is 0.717. The number of nitrogens with zero attached hydrogens (tertiary/aromatic N) is 2. The monoisotopic (exact) mass is 233 g/mol. The van der Waals surface area contributed by atoms with Gasteiger partial charge in [0.05, 0.1) is 11.4 Å². The van der Waals surface area contributed by atoms with Crippen molar-refractivity contribution in [3.8, 4) is 0 Å². The van der Waals surface area contributed by atoms with Gasteiger partial charge in [0.1, 0.15) is 0 Å². The molecule has 0 radical (unpaired) electrons. The first-order chi connectivity index (χ1) is 8.29. The summed E-state index contributed by atoms with van der Waals surface area (Å²) in [5.41, 5.74) is 2.35. The SMILES string of the molecule is CCNCc1cccc(CN2CCCC2C)n1. The molecule has 0 aromatic carbocycles. The quantitative estimate of drug-likeness (QED) is 0.845. The summed E-state index contributed by atoms with van der Waals surface area (Å²) in [6, 6.07) is 7.07. The van der Waals surface area contributed by atoms with Crippen LogP contribution in [0.25, 0.3) is 0 Å². The average Bonchev–Trinajstić information content (AvgIpc) is 2.73.